The summed E-state index contributed by atoms with van der Waals surface area (Å²) in [6, 6.07) is 3.07. The molecule has 1 aromatic rings. The smallest absolute Gasteiger partial charge is 0.228 e. The van der Waals surface area contributed by atoms with Crippen LogP contribution in [0.3, 0.4) is 0 Å². The second kappa shape index (κ2) is 3.81. The topological polar surface area (TPSA) is 20.3 Å². The van der Waals surface area contributed by atoms with E-state index in [-0.39, 0.29) is 23.3 Å². The van der Waals surface area contributed by atoms with Gasteiger partial charge in [-0.05, 0) is 12.1 Å². The van der Waals surface area contributed by atoms with Crippen LogP contribution in [0.5, 0.6) is 0 Å². The summed E-state index contributed by atoms with van der Waals surface area (Å²) in [6.07, 6.45) is 0.263. The van der Waals surface area contributed by atoms with E-state index in [9.17, 15) is 13.6 Å². The number of halogens is 2. The third-order valence-electron chi connectivity index (χ3n) is 2.30. The van der Waals surface area contributed by atoms with Crippen molar-refractivity contribution in [2.45, 2.75) is 11.7 Å². The van der Waals surface area contributed by atoms with E-state index < -0.39 is 11.6 Å². The molecule has 2 rings (SSSR count). The highest BCUT2D eigenvalue weighted by atomic mass is 32.1. The van der Waals surface area contributed by atoms with E-state index in [1.165, 1.54) is 4.90 Å². The van der Waals surface area contributed by atoms with E-state index in [1.807, 2.05) is 0 Å². The van der Waals surface area contributed by atoms with Gasteiger partial charge in [-0.15, -0.1) is 0 Å². The van der Waals surface area contributed by atoms with Crippen molar-refractivity contribution < 1.29 is 13.6 Å². The maximum atomic E-state index is 13.3. The number of nitrogens with zero attached hydrogens (tertiary/aromatic N) is 1. The summed E-state index contributed by atoms with van der Waals surface area (Å²) < 4.78 is 26.2. The molecule has 1 saturated heterocycles. The van der Waals surface area contributed by atoms with Gasteiger partial charge in [-0.25, -0.2) is 8.78 Å². The van der Waals surface area contributed by atoms with Crippen molar-refractivity contribution in [3.05, 3.63) is 29.8 Å². The Labute approximate surface area is 91.3 Å². The average Bonchev–Trinajstić information content (AvgIpc) is 2.50. The molecule has 1 fully saturated rings. The largest absolute Gasteiger partial charge is 0.308 e. The summed E-state index contributed by atoms with van der Waals surface area (Å²) in [5.41, 5.74) is -0.00319. The molecule has 1 aromatic carbocycles. The standard InChI is InChI=1S/C10H9F2NOS/c11-6-1-2-8(12)9(3-6)13-5-7(15)4-10(13)14/h1-3,7,15H,4-5H2. The van der Waals surface area contributed by atoms with Crippen molar-refractivity contribution >= 4 is 24.2 Å². The molecule has 0 radical (unpaired) electrons. The van der Waals surface area contributed by atoms with Gasteiger partial charge in [-0.1, -0.05) is 0 Å². The van der Waals surface area contributed by atoms with E-state index >= 15 is 0 Å². The number of carbonyl (C=O) groups excluding carboxylic acids is 1. The van der Waals surface area contributed by atoms with E-state index in [2.05, 4.69) is 12.6 Å². The predicted octanol–water partition coefficient (Wildman–Crippen LogP) is 2.00. The highest BCUT2D eigenvalue weighted by Crippen LogP contribution is 2.27. The quantitative estimate of drug-likeness (QED) is 0.730. The maximum absolute atomic E-state index is 13.3. The van der Waals surface area contributed by atoms with Crippen LogP contribution < -0.4 is 4.90 Å². The van der Waals surface area contributed by atoms with E-state index in [0.29, 0.717) is 6.54 Å². The van der Waals surface area contributed by atoms with Crippen LogP contribution in [-0.4, -0.2) is 17.7 Å². The number of carbonyl (C=O) groups is 1. The first-order valence-corrected chi connectivity index (χ1v) is 5.03. The Balaban J connectivity index is 2.37. The summed E-state index contributed by atoms with van der Waals surface area (Å²) in [5, 5.41) is -0.111. The van der Waals surface area contributed by atoms with Gasteiger partial charge < -0.3 is 4.90 Å². The highest BCUT2D eigenvalue weighted by molar-refractivity contribution is 7.81. The number of amides is 1. The van der Waals surface area contributed by atoms with Crippen LogP contribution in [0.4, 0.5) is 14.5 Å². The van der Waals surface area contributed by atoms with Gasteiger partial charge in [0.05, 0.1) is 5.69 Å². The average molecular weight is 229 g/mol. The molecule has 0 bridgehead atoms. The second-order valence-electron chi connectivity index (χ2n) is 3.46. The fraction of sp³-hybridized carbons (Fsp3) is 0.300. The maximum Gasteiger partial charge on any atom is 0.228 e. The van der Waals surface area contributed by atoms with Crippen molar-refractivity contribution in [3.63, 3.8) is 0 Å². The summed E-state index contributed by atoms with van der Waals surface area (Å²) in [6.45, 7) is 0.322. The molecular weight excluding hydrogens is 220 g/mol. The first-order chi connectivity index (χ1) is 7.08. The molecule has 0 aliphatic carbocycles. The van der Waals surface area contributed by atoms with Crippen molar-refractivity contribution in [1.82, 2.24) is 0 Å². The van der Waals surface area contributed by atoms with Crippen LogP contribution in [0.25, 0.3) is 0 Å². The van der Waals surface area contributed by atoms with Crippen LogP contribution in [0.2, 0.25) is 0 Å². The van der Waals surface area contributed by atoms with Crippen LogP contribution in [0, 0.1) is 11.6 Å². The molecule has 1 amide bonds. The molecule has 1 atom stereocenters. The van der Waals surface area contributed by atoms with Gasteiger partial charge >= 0.3 is 0 Å². The van der Waals surface area contributed by atoms with Gasteiger partial charge in [0, 0.05) is 24.3 Å². The SMILES string of the molecule is O=C1CC(S)CN1c1cc(F)ccc1F. The minimum absolute atomic E-state index is 0.00319. The fourth-order valence-corrected chi connectivity index (χ4v) is 1.93. The Hall–Kier alpha value is -1.10. The zero-order valence-electron chi connectivity index (χ0n) is 7.78. The van der Waals surface area contributed by atoms with Gasteiger partial charge in [0.1, 0.15) is 11.6 Å². The lowest BCUT2D eigenvalue weighted by atomic mass is 10.2. The number of anilines is 1. The molecular formula is C10H9F2NOS. The monoisotopic (exact) mass is 229 g/mol. The van der Waals surface area contributed by atoms with Crippen molar-refractivity contribution in [3.8, 4) is 0 Å². The Morgan fingerprint density at radius 1 is 1.40 bits per heavy atom. The molecule has 80 valence electrons. The van der Waals surface area contributed by atoms with E-state index in [1.54, 1.807) is 0 Å². The zero-order chi connectivity index (χ0) is 11.0. The Morgan fingerprint density at radius 3 is 2.73 bits per heavy atom. The first-order valence-electron chi connectivity index (χ1n) is 4.51. The summed E-state index contributed by atoms with van der Waals surface area (Å²) in [7, 11) is 0. The van der Waals surface area contributed by atoms with E-state index in [0.717, 1.165) is 18.2 Å². The lowest BCUT2D eigenvalue weighted by molar-refractivity contribution is -0.117. The van der Waals surface area contributed by atoms with Crippen LogP contribution in [0.1, 0.15) is 6.42 Å². The molecule has 2 nitrogen and oxygen atoms in total. The normalized spacial score (nSPS) is 21.1. The zero-order valence-corrected chi connectivity index (χ0v) is 8.68. The number of hydrogen-bond donors (Lipinski definition) is 1. The molecule has 1 heterocycles. The fourth-order valence-electron chi connectivity index (χ4n) is 1.61. The number of thiol groups is 1. The van der Waals surface area contributed by atoms with E-state index in [4.69, 9.17) is 0 Å². The van der Waals surface area contributed by atoms with Crippen molar-refractivity contribution in [2.75, 3.05) is 11.4 Å². The van der Waals surface area contributed by atoms with Crippen molar-refractivity contribution in [1.29, 1.82) is 0 Å². The second-order valence-corrected chi connectivity index (χ2v) is 4.19. The minimum Gasteiger partial charge on any atom is -0.308 e. The summed E-state index contributed by atoms with van der Waals surface area (Å²) in [5.74, 6) is -1.37. The molecule has 1 aliphatic heterocycles. The van der Waals surface area contributed by atoms with Crippen LogP contribution >= 0.6 is 12.6 Å². The molecule has 15 heavy (non-hydrogen) atoms. The molecule has 5 heteroatoms. The molecule has 1 aliphatic rings. The third-order valence-corrected chi connectivity index (χ3v) is 2.65. The van der Waals surface area contributed by atoms with Gasteiger partial charge in [0.2, 0.25) is 5.91 Å². The summed E-state index contributed by atoms with van der Waals surface area (Å²) in [4.78, 5) is 12.7. The Kier molecular flexibility index (Phi) is 2.65. The lowest BCUT2D eigenvalue weighted by Crippen LogP contribution is -2.25. The van der Waals surface area contributed by atoms with Gasteiger partial charge in [0.25, 0.3) is 0 Å². The minimum atomic E-state index is -0.591. The molecule has 0 saturated carbocycles. The number of rotatable bonds is 1. The van der Waals surface area contributed by atoms with Crippen molar-refractivity contribution in [2.24, 2.45) is 0 Å². The molecule has 0 aromatic heterocycles. The first kappa shape index (κ1) is 10.4. The van der Waals surface area contributed by atoms with Crippen LogP contribution in [0.15, 0.2) is 18.2 Å². The third kappa shape index (κ3) is 1.97. The number of benzene rings is 1. The van der Waals surface area contributed by atoms with Gasteiger partial charge in [-0.2, -0.15) is 12.6 Å². The number of hydrogen-bond acceptors (Lipinski definition) is 2. The highest BCUT2D eigenvalue weighted by Gasteiger charge is 2.30. The lowest BCUT2D eigenvalue weighted by Gasteiger charge is -2.16. The van der Waals surface area contributed by atoms with Gasteiger partial charge in [-0.3, -0.25) is 4.79 Å². The predicted molar refractivity (Wildman–Crippen MR) is 56.1 cm³/mol. The molecule has 1 unspecified atom stereocenters. The Morgan fingerprint density at radius 2 is 2.13 bits per heavy atom. The molecule has 0 spiro atoms. The van der Waals surface area contributed by atoms with Crippen LogP contribution in [-0.2, 0) is 4.79 Å². The van der Waals surface area contributed by atoms with Gasteiger partial charge in [0.15, 0.2) is 0 Å². The molecule has 0 N–H and O–H groups in total. The Bertz CT molecular complexity index is 410. The summed E-state index contributed by atoms with van der Waals surface area (Å²) >= 11 is 4.14.